The van der Waals surface area contributed by atoms with Gasteiger partial charge in [-0.3, -0.25) is 4.79 Å². The summed E-state index contributed by atoms with van der Waals surface area (Å²) in [6.07, 6.45) is 3.56. The van der Waals surface area contributed by atoms with Crippen LogP contribution in [0.15, 0.2) is 12.2 Å². The van der Waals surface area contributed by atoms with Crippen LogP contribution < -0.4 is 0 Å². The predicted octanol–water partition coefficient (Wildman–Crippen LogP) is 3.15. The maximum Gasteiger partial charge on any atom is 0.192 e. The normalized spacial score (nSPS) is 27.5. The van der Waals surface area contributed by atoms with Gasteiger partial charge in [-0.15, -0.1) is 0 Å². The van der Waals surface area contributed by atoms with Gasteiger partial charge in [-0.1, -0.05) is 33.8 Å². The molecule has 0 radical (unpaired) electrons. The molecular formula is C12H22O2Si. The van der Waals surface area contributed by atoms with Crippen molar-refractivity contribution in [3.63, 3.8) is 0 Å². The van der Waals surface area contributed by atoms with E-state index < -0.39 is 8.32 Å². The summed E-state index contributed by atoms with van der Waals surface area (Å²) in [7, 11) is -1.74. The number of carbonyl (C=O) groups is 1. The summed E-state index contributed by atoms with van der Waals surface area (Å²) >= 11 is 0. The van der Waals surface area contributed by atoms with Gasteiger partial charge in [-0.25, -0.2) is 0 Å². The minimum absolute atomic E-state index is 0.000810. The highest BCUT2D eigenvalue weighted by Crippen LogP contribution is 2.38. The van der Waals surface area contributed by atoms with Crippen LogP contribution in [-0.2, 0) is 9.22 Å². The van der Waals surface area contributed by atoms with Gasteiger partial charge >= 0.3 is 0 Å². The van der Waals surface area contributed by atoms with Crippen molar-refractivity contribution < 1.29 is 9.22 Å². The molecule has 1 aliphatic carbocycles. The molecule has 0 unspecified atom stereocenters. The molecule has 0 bridgehead atoms. The molecule has 1 aliphatic rings. The fraction of sp³-hybridized carbons (Fsp3) is 0.750. The van der Waals surface area contributed by atoms with Crippen molar-refractivity contribution in [3.8, 4) is 0 Å². The highest BCUT2D eigenvalue weighted by Gasteiger charge is 2.41. The zero-order valence-corrected chi connectivity index (χ0v) is 11.6. The van der Waals surface area contributed by atoms with Gasteiger partial charge in [0.15, 0.2) is 14.1 Å². The fourth-order valence-corrected chi connectivity index (χ4v) is 2.65. The molecule has 0 N–H and O–H groups in total. The molecule has 0 fully saturated rings. The number of carbonyl (C=O) groups excluding carboxylic acids is 1. The quantitative estimate of drug-likeness (QED) is 0.676. The van der Waals surface area contributed by atoms with Crippen molar-refractivity contribution >= 4 is 14.1 Å². The zero-order chi connectivity index (χ0) is 11.9. The Bertz CT molecular complexity index is 286. The van der Waals surface area contributed by atoms with E-state index in [2.05, 4.69) is 33.9 Å². The van der Waals surface area contributed by atoms with Crippen molar-refractivity contribution in [2.45, 2.75) is 51.9 Å². The Morgan fingerprint density at radius 3 is 2.20 bits per heavy atom. The lowest BCUT2D eigenvalue weighted by molar-refractivity contribution is -0.118. The Balaban J connectivity index is 2.71. The maximum atomic E-state index is 11.4. The molecule has 0 saturated carbocycles. The lowest BCUT2D eigenvalue weighted by Crippen LogP contribution is -2.44. The van der Waals surface area contributed by atoms with E-state index in [0.29, 0.717) is 0 Å². The smallest absolute Gasteiger partial charge is 0.192 e. The molecule has 0 aliphatic heterocycles. The molecule has 0 aromatic rings. The molecule has 2 atom stereocenters. The largest absolute Gasteiger partial charge is 0.410 e. The third-order valence-electron chi connectivity index (χ3n) is 3.63. The van der Waals surface area contributed by atoms with E-state index >= 15 is 0 Å². The van der Waals surface area contributed by atoms with Crippen molar-refractivity contribution in [1.29, 1.82) is 0 Å². The Morgan fingerprint density at radius 2 is 1.87 bits per heavy atom. The first-order chi connectivity index (χ1) is 6.65. The molecular weight excluding hydrogens is 204 g/mol. The van der Waals surface area contributed by atoms with E-state index in [9.17, 15) is 4.79 Å². The van der Waals surface area contributed by atoms with E-state index in [0.717, 1.165) is 0 Å². The summed E-state index contributed by atoms with van der Waals surface area (Å²) in [4.78, 5) is 11.4. The van der Waals surface area contributed by atoms with E-state index in [1.807, 2.05) is 13.0 Å². The summed E-state index contributed by atoms with van der Waals surface area (Å²) in [5.41, 5.74) is 0. The third-order valence-corrected chi connectivity index (χ3v) is 8.10. The fourth-order valence-electron chi connectivity index (χ4n) is 1.33. The van der Waals surface area contributed by atoms with E-state index in [4.69, 9.17) is 4.43 Å². The topological polar surface area (TPSA) is 26.3 Å². The zero-order valence-electron chi connectivity index (χ0n) is 10.6. The Labute approximate surface area is 93.8 Å². The summed E-state index contributed by atoms with van der Waals surface area (Å²) in [5.74, 6) is 0.192. The van der Waals surface area contributed by atoms with Gasteiger partial charge in [0.1, 0.15) is 0 Å². The maximum absolute atomic E-state index is 11.4. The van der Waals surface area contributed by atoms with Crippen LogP contribution >= 0.6 is 0 Å². The predicted molar refractivity (Wildman–Crippen MR) is 65.4 cm³/mol. The molecule has 0 amide bonds. The number of hydrogen-bond donors (Lipinski definition) is 0. The lowest BCUT2D eigenvalue weighted by Gasteiger charge is -2.38. The molecule has 2 nitrogen and oxygen atoms in total. The minimum atomic E-state index is -1.74. The van der Waals surface area contributed by atoms with E-state index in [1.54, 1.807) is 6.08 Å². The van der Waals surface area contributed by atoms with Gasteiger partial charge in [0.2, 0.25) is 0 Å². The summed E-state index contributed by atoms with van der Waals surface area (Å²) in [6, 6.07) is 0. The highest BCUT2D eigenvalue weighted by molar-refractivity contribution is 6.74. The van der Waals surface area contributed by atoms with Crippen LogP contribution in [0.1, 0.15) is 27.7 Å². The average molecular weight is 226 g/mol. The number of rotatable bonds is 2. The van der Waals surface area contributed by atoms with Crippen LogP contribution in [0.2, 0.25) is 18.1 Å². The first kappa shape index (κ1) is 12.7. The van der Waals surface area contributed by atoms with Crippen molar-refractivity contribution in [2.75, 3.05) is 0 Å². The molecule has 0 aromatic heterocycles. The van der Waals surface area contributed by atoms with Gasteiger partial charge in [0.05, 0.1) is 6.10 Å². The van der Waals surface area contributed by atoms with Gasteiger partial charge in [-0.05, 0) is 24.2 Å². The second-order valence-electron chi connectivity index (χ2n) is 5.89. The highest BCUT2D eigenvalue weighted by atomic mass is 28.4. The molecule has 3 heteroatoms. The van der Waals surface area contributed by atoms with Crippen LogP contribution in [-0.4, -0.2) is 20.2 Å². The van der Waals surface area contributed by atoms with Crippen molar-refractivity contribution in [2.24, 2.45) is 5.92 Å². The summed E-state index contributed by atoms with van der Waals surface area (Å²) in [6.45, 7) is 13.0. The van der Waals surface area contributed by atoms with E-state index in [1.165, 1.54) is 0 Å². The Hall–Kier alpha value is -0.413. The van der Waals surface area contributed by atoms with Crippen LogP contribution in [0, 0.1) is 5.92 Å². The van der Waals surface area contributed by atoms with Gasteiger partial charge < -0.3 is 4.43 Å². The number of allylic oxidation sites excluding steroid dienone is 1. The first-order valence-electron chi connectivity index (χ1n) is 5.55. The van der Waals surface area contributed by atoms with E-state index in [-0.39, 0.29) is 22.8 Å². The van der Waals surface area contributed by atoms with Gasteiger partial charge in [0.25, 0.3) is 0 Å². The van der Waals surface area contributed by atoms with Gasteiger partial charge in [-0.2, -0.15) is 0 Å². The standard InChI is InChI=1S/C12H22O2Si/c1-9-10(13)7-8-11(9)14-15(5,6)12(2,3)4/h7-9,11H,1-6H3/t9-,11-/m1/s1. The van der Waals surface area contributed by atoms with Crippen LogP contribution in [0.4, 0.5) is 0 Å². The molecule has 86 valence electrons. The molecule has 0 spiro atoms. The molecule has 0 heterocycles. The summed E-state index contributed by atoms with van der Waals surface area (Å²) < 4.78 is 6.18. The molecule has 1 rings (SSSR count). The monoisotopic (exact) mass is 226 g/mol. The number of ketones is 1. The van der Waals surface area contributed by atoms with Crippen LogP contribution in [0.5, 0.6) is 0 Å². The summed E-state index contributed by atoms with van der Waals surface area (Å²) in [5, 5.41) is 0.201. The Kier molecular flexibility index (Phi) is 3.26. The van der Waals surface area contributed by atoms with Crippen molar-refractivity contribution in [1.82, 2.24) is 0 Å². The lowest BCUT2D eigenvalue weighted by atomic mass is 10.1. The third kappa shape index (κ3) is 2.58. The molecule has 0 aromatic carbocycles. The SMILES string of the molecule is C[C@@H]1C(=O)C=C[C@H]1O[Si](C)(C)C(C)(C)C. The van der Waals surface area contributed by atoms with Gasteiger partial charge in [0, 0.05) is 5.92 Å². The molecule has 15 heavy (non-hydrogen) atoms. The number of hydrogen-bond acceptors (Lipinski definition) is 2. The van der Waals surface area contributed by atoms with Crippen LogP contribution in [0.3, 0.4) is 0 Å². The Morgan fingerprint density at radius 1 is 1.33 bits per heavy atom. The van der Waals surface area contributed by atoms with Crippen LogP contribution in [0.25, 0.3) is 0 Å². The average Bonchev–Trinajstić information content (AvgIpc) is 2.33. The minimum Gasteiger partial charge on any atom is -0.410 e. The second kappa shape index (κ2) is 3.87. The first-order valence-corrected chi connectivity index (χ1v) is 8.46. The van der Waals surface area contributed by atoms with Crippen molar-refractivity contribution in [3.05, 3.63) is 12.2 Å². The molecule has 0 saturated heterocycles. The second-order valence-corrected chi connectivity index (χ2v) is 10.6.